The molecule has 0 atom stereocenters. The van der Waals surface area contributed by atoms with Gasteiger partial charge in [-0.1, -0.05) is 23.2 Å². The number of nitrogens with zero attached hydrogens (tertiary/aromatic N) is 2. The number of anilines is 2. The number of hydrogen-bond donors (Lipinski definition) is 2. The first-order valence-electron chi connectivity index (χ1n) is 8.34. The second-order valence-electron chi connectivity index (χ2n) is 6.15. The Balaban J connectivity index is 1.97. The van der Waals surface area contributed by atoms with E-state index in [2.05, 4.69) is 20.0 Å². The molecule has 2 N–H and O–H groups in total. The number of sulfonamides is 1. The maximum atomic E-state index is 12.8. The van der Waals surface area contributed by atoms with Gasteiger partial charge in [0, 0.05) is 29.9 Å². The number of nitrogens with one attached hydrogen (secondary N) is 2. The van der Waals surface area contributed by atoms with Crippen molar-refractivity contribution >= 4 is 50.6 Å². The number of hydrogen-bond acceptors (Lipinski definition) is 5. The van der Waals surface area contributed by atoms with E-state index in [0.717, 1.165) is 0 Å². The Bertz CT molecular complexity index is 1200. The molecule has 0 bridgehead atoms. The third-order valence-corrected chi connectivity index (χ3v) is 6.00. The van der Waals surface area contributed by atoms with Crippen LogP contribution in [0.4, 0.5) is 11.5 Å². The molecule has 0 fully saturated rings. The summed E-state index contributed by atoms with van der Waals surface area (Å²) in [6.07, 6.45) is 3.15. The van der Waals surface area contributed by atoms with Crippen LogP contribution in [0.1, 0.15) is 12.6 Å². The molecule has 1 amide bonds. The van der Waals surface area contributed by atoms with Gasteiger partial charge in [0.2, 0.25) is 5.91 Å². The standard InChI is InChI=1S/C19H16Cl2N4O3S/c1-11-17(25-29(27,28)18-4-3-15(20)9-16(18)21)7-14(10-23-11)13-5-6-22-19(8-13)24-12(2)26/h3-10,25H,1-2H3,(H,22,24,26). The van der Waals surface area contributed by atoms with Crippen molar-refractivity contribution in [2.75, 3.05) is 10.0 Å². The Morgan fingerprint density at radius 3 is 2.48 bits per heavy atom. The van der Waals surface area contributed by atoms with Crippen molar-refractivity contribution in [2.24, 2.45) is 0 Å². The lowest BCUT2D eigenvalue weighted by atomic mass is 10.1. The van der Waals surface area contributed by atoms with E-state index >= 15 is 0 Å². The first-order chi connectivity index (χ1) is 13.7. The summed E-state index contributed by atoms with van der Waals surface area (Å²) >= 11 is 11.9. The molecule has 0 radical (unpaired) electrons. The summed E-state index contributed by atoms with van der Waals surface area (Å²) < 4.78 is 28.1. The number of halogens is 2. The minimum Gasteiger partial charge on any atom is -0.311 e. The number of carbonyl (C=O) groups excluding carboxylic acids is 1. The zero-order valence-corrected chi connectivity index (χ0v) is 17.7. The van der Waals surface area contributed by atoms with Gasteiger partial charge in [0.05, 0.1) is 16.4 Å². The zero-order chi connectivity index (χ0) is 21.2. The molecule has 0 spiro atoms. The number of rotatable bonds is 5. The lowest BCUT2D eigenvalue weighted by molar-refractivity contribution is -0.114. The van der Waals surface area contributed by atoms with E-state index in [1.807, 2.05) is 0 Å². The number of aryl methyl sites for hydroxylation is 1. The summed E-state index contributed by atoms with van der Waals surface area (Å²) in [5, 5.41) is 2.95. The molecule has 0 aliphatic rings. The van der Waals surface area contributed by atoms with Crippen molar-refractivity contribution in [3.63, 3.8) is 0 Å². The highest BCUT2D eigenvalue weighted by Gasteiger charge is 2.20. The summed E-state index contributed by atoms with van der Waals surface area (Å²) in [5.41, 5.74) is 2.13. The quantitative estimate of drug-likeness (QED) is 0.594. The first-order valence-corrected chi connectivity index (χ1v) is 10.6. The van der Waals surface area contributed by atoms with Crippen LogP contribution in [0.2, 0.25) is 10.0 Å². The molecule has 2 heterocycles. The van der Waals surface area contributed by atoms with Crippen molar-refractivity contribution in [1.82, 2.24) is 9.97 Å². The molecular weight excluding hydrogens is 435 g/mol. The molecule has 29 heavy (non-hydrogen) atoms. The third kappa shape index (κ3) is 5.03. The van der Waals surface area contributed by atoms with E-state index in [1.165, 1.54) is 31.3 Å². The van der Waals surface area contributed by atoms with Crippen LogP contribution in [0.5, 0.6) is 0 Å². The fourth-order valence-corrected chi connectivity index (χ4v) is 4.43. The molecular formula is C19H16Cl2N4O3S. The van der Waals surface area contributed by atoms with Gasteiger partial charge in [0.25, 0.3) is 10.0 Å². The zero-order valence-electron chi connectivity index (χ0n) is 15.4. The van der Waals surface area contributed by atoms with Crippen LogP contribution in [0.3, 0.4) is 0 Å². The van der Waals surface area contributed by atoms with Crippen LogP contribution in [-0.2, 0) is 14.8 Å². The van der Waals surface area contributed by atoms with E-state index in [4.69, 9.17) is 23.2 Å². The molecule has 0 unspecified atom stereocenters. The van der Waals surface area contributed by atoms with E-state index in [-0.39, 0.29) is 15.8 Å². The Morgan fingerprint density at radius 1 is 1.03 bits per heavy atom. The Morgan fingerprint density at radius 2 is 1.79 bits per heavy atom. The monoisotopic (exact) mass is 450 g/mol. The Hall–Kier alpha value is -2.68. The van der Waals surface area contributed by atoms with Crippen LogP contribution in [0.15, 0.2) is 53.7 Å². The van der Waals surface area contributed by atoms with Crippen molar-refractivity contribution in [2.45, 2.75) is 18.7 Å². The largest absolute Gasteiger partial charge is 0.311 e. The lowest BCUT2D eigenvalue weighted by Gasteiger charge is -2.13. The van der Waals surface area contributed by atoms with Gasteiger partial charge in [-0.2, -0.15) is 0 Å². The van der Waals surface area contributed by atoms with Crippen molar-refractivity contribution in [3.8, 4) is 11.1 Å². The van der Waals surface area contributed by atoms with Crippen molar-refractivity contribution in [1.29, 1.82) is 0 Å². The van der Waals surface area contributed by atoms with Crippen molar-refractivity contribution < 1.29 is 13.2 Å². The summed E-state index contributed by atoms with van der Waals surface area (Å²) in [4.78, 5) is 19.5. The minimum atomic E-state index is -3.96. The second kappa shape index (κ2) is 8.36. The van der Waals surface area contributed by atoms with Crippen LogP contribution < -0.4 is 10.0 Å². The van der Waals surface area contributed by atoms with Gasteiger partial charge in [-0.15, -0.1) is 0 Å². The molecule has 3 aromatic rings. The molecule has 3 rings (SSSR count). The fourth-order valence-electron chi connectivity index (χ4n) is 2.55. The molecule has 0 saturated heterocycles. The summed E-state index contributed by atoms with van der Waals surface area (Å²) in [7, 11) is -3.96. The Labute approximate surface area is 178 Å². The van der Waals surface area contributed by atoms with Crippen LogP contribution in [-0.4, -0.2) is 24.3 Å². The maximum absolute atomic E-state index is 12.8. The minimum absolute atomic E-state index is 0.0147. The smallest absolute Gasteiger partial charge is 0.263 e. The highest BCUT2D eigenvalue weighted by molar-refractivity contribution is 7.92. The molecule has 1 aromatic carbocycles. The molecule has 0 saturated carbocycles. The molecule has 150 valence electrons. The topological polar surface area (TPSA) is 101 Å². The van der Waals surface area contributed by atoms with Crippen LogP contribution in [0, 0.1) is 6.92 Å². The third-order valence-electron chi connectivity index (χ3n) is 3.91. The molecule has 7 nitrogen and oxygen atoms in total. The van der Waals surface area contributed by atoms with Crippen LogP contribution in [0.25, 0.3) is 11.1 Å². The Kier molecular flexibility index (Phi) is 6.07. The summed E-state index contributed by atoms with van der Waals surface area (Å²) in [6, 6.07) is 9.19. The lowest BCUT2D eigenvalue weighted by Crippen LogP contribution is -2.14. The molecule has 10 heteroatoms. The van der Waals surface area contributed by atoms with E-state index in [9.17, 15) is 13.2 Å². The SMILES string of the molecule is CC(=O)Nc1cc(-c2cnc(C)c(NS(=O)(=O)c3ccc(Cl)cc3Cl)c2)ccn1. The van der Waals surface area contributed by atoms with Gasteiger partial charge in [-0.3, -0.25) is 14.5 Å². The van der Waals surface area contributed by atoms with Gasteiger partial charge in [-0.05, 0) is 48.9 Å². The number of aromatic nitrogens is 2. The number of pyridine rings is 2. The fraction of sp³-hybridized carbons (Fsp3) is 0.105. The summed E-state index contributed by atoms with van der Waals surface area (Å²) in [6.45, 7) is 3.07. The van der Waals surface area contributed by atoms with E-state index in [0.29, 0.717) is 33.3 Å². The molecule has 0 aliphatic heterocycles. The van der Waals surface area contributed by atoms with E-state index < -0.39 is 10.0 Å². The van der Waals surface area contributed by atoms with E-state index in [1.54, 1.807) is 31.3 Å². The molecule has 0 aliphatic carbocycles. The normalized spacial score (nSPS) is 11.2. The average molecular weight is 451 g/mol. The van der Waals surface area contributed by atoms with Gasteiger partial charge in [-0.25, -0.2) is 13.4 Å². The number of carbonyl (C=O) groups is 1. The van der Waals surface area contributed by atoms with Gasteiger partial charge < -0.3 is 5.32 Å². The highest BCUT2D eigenvalue weighted by Crippen LogP contribution is 2.29. The maximum Gasteiger partial charge on any atom is 0.263 e. The van der Waals surface area contributed by atoms with Crippen LogP contribution >= 0.6 is 23.2 Å². The predicted octanol–water partition coefficient (Wildman–Crippen LogP) is 4.52. The first kappa shape index (κ1) is 21.0. The molecule has 2 aromatic heterocycles. The summed E-state index contributed by atoms with van der Waals surface area (Å²) in [5.74, 6) is 0.135. The van der Waals surface area contributed by atoms with Gasteiger partial charge in [0.15, 0.2) is 0 Å². The average Bonchev–Trinajstić information content (AvgIpc) is 2.62. The van der Waals surface area contributed by atoms with Gasteiger partial charge in [0.1, 0.15) is 10.7 Å². The highest BCUT2D eigenvalue weighted by atomic mass is 35.5. The van der Waals surface area contributed by atoms with Gasteiger partial charge >= 0.3 is 0 Å². The van der Waals surface area contributed by atoms with Crippen molar-refractivity contribution in [3.05, 3.63) is 64.5 Å². The predicted molar refractivity (Wildman–Crippen MR) is 114 cm³/mol. The number of amides is 1. The number of benzene rings is 1. The second-order valence-corrected chi connectivity index (χ2v) is 8.64.